The fourth-order valence-corrected chi connectivity index (χ4v) is 1.29. The Hall–Kier alpha value is -1.55. The van der Waals surface area contributed by atoms with Crippen molar-refractivity contribution in [2.24, 2.45) is 5.10 Å². The topological polar surface area (TPSA) is 50.7 Å². The van der Waals surface area contributed by atoms with E-state index < -0.39 is 0 Å². The van der Waals surface area contributed by atoms with Gasteiger partial charge in [-0.05, 0) is 24.6 Å². The number of amides is 1. The first kappa shape index (κ1) is 12.5. The molecule has 0 unspecified atom stereocenters. The van der Waals surface area contributed by atoms with Crippen LogP contribution in [0.5, 0.6) is 0 Å². The lowest BCUT2D eigenvalue weighted by atomic mass is 10.1. The van der Waals surface area contributed by atoms with Gasteiger partial charge < -0.3 is 4.74 Å². The summed E-state index contributed by atoms with van der Waals surface area (Å²) >= 11 is 5.77. The summed E-state index contributed by atoms with van der Waals surface area (Å²) in [5, 5.41) is 4.48. The third-order valence-corrected chi connectivity index (χ3v) is 2.07. The summed E-state index contributed by atoms with van der Waals surface area (Å²) < 4.78 is 5.27. The average Bonchev–Trinajstić information content (AvgIpc) is 2.29. The van der Waals surface area contributed by atoms with Crippen LogP contribution in [0.4, 0.5) is 0 Å². The molecule has 1 rings (SSSR count). The first-order valence-corrected chi connectivity index (χ1v) is 5.27. The van der Waals surface area contributed by atoms with Crippen molar-refractivity contribution in [1.29, 1.82) is 0 Å². The molecule has 16 heavy (non-hydrogen) atoms. The Morgan fingerprint density at radius 3 is 2.75 bits per heavy atom. The van der Waals surface area contributed by atoms with Crippen molar-refractivity contribution < 1.29 is 9.53 Å². The standard InChI is InChI=1S/C11H13ClN2O2/c1-2-16-11(14-13-8-15)7-9-3-5-10(12)6-4-9/h3-6,8H,2,7H2,1H3,(H,13,15)/b14-11-. The van der Waals surface area contributed by atoms with Crippen LogP contribution >= 0.6 is 11.6 Å². The van der Waals surface area contributed by atoms with Crippen LogP contribution in [0.25, 0.3) is 0 Å². The second-order valence-electron chi connectivity index (χ2n) is 2.99. The number of hydrazone groups is 1. The van der Waals surface area contributed by atoms with Crippen LogP contribution in [-0.4, -0.2) is 18.9 Å². The molecule has 5 heteroatoms. The van der Waals surface area contributed by atoms with Crippen LogP contribution in [-0.2, 0) is 16.0 Å². The van der Waals surface area contributed by atoms with Crippen molar-refractivity contribution in [3.8, 4) is 0 Å². The molecule has 0 fully saturated rings. The van der Waals surface area contributed by atoms with E-state index in [1.165, 1.54) is 0 Å². The van der Waals surface area contributed by atoms with Crippen molar-refractivity contribution in [3.63, 3.8) is 0 Å². The molecule has 0 bridgehead atoms. The summed E-state index contributed by atoms with van der Waals surface area (Å²) in [6, 6.07) is 7.37. The smallest absolute Gasteiger partial charge is 0.227 e. The van der Waals surface area contributed by atoms with Crippen molar-refractivity contribution in [3.05, 3.63) is 34.9 Å². The number of carbonyl (C=O) groups is 1. The minimum Gasteiger partial charge on any atom is -0.480 e. The first-order valence-electron chi connectivity index (χ1n) is 4.89. The number of nitrogens with zero attached hydrogens (tertiary/aromatic N) is 1. The Labute approximate surface area is 99.2 Å². The molecule has 86 valence electrons. The van der Waals surface area contributed by atoms with E-state index >= 15 is 0 Å². The van der Waals surface area contributed by atoms with Crippen LogP contribution in [0.2, 0.25) is 5.02 Å². The summed E-state index contributed by atoms with van der Waals surface area (Å²) in [5.41, 5.74) is 3.24. The van der Waals surface area contributed by atoms with Gasteiger partial charge in [0.15, 0.2) is 0 Å². The molecule has 0 spiro atoms. The van der Waals surface area contributed by atoms with Crippen LogP contribution in [0.3, 0.4) is 0 Å². The van der Waals surface area contributed by atoms with Gasteiger partial charge >= 0.3 is 0 Å². The summed E-state index contributed by atoms with van der Waals surface area (Å²) in [6.45, 7) is 2.37. The van der Waals surface area contributed by atoms with E-state index in [9.17, 15) is 4.79 Å². The van der Waals surface area contributed by atoms with Crippen LogP contribution in [0.1, 0.15) is 12.5 Å². The van der Waals surface area contributed by atoms with Gasteiger partial charge in [0, 0.05) is 5.02 Å². The monoisotopic (exact) mass is 240 g/mol. The molecule has 1 aromatic carbocycles. The Bertz CT molecular complexity index is 363. The molecule has 0 saturated heterocycles. The van der Waals surface area contributed by atoms with E-state index in [4.69, 9.17) is 16.3 Å². The Balaban J connectivity index is 2.67. The normalized spacial score (nSPS) is 11.0. The lowest BCUT2D eigenvalue weighted by molar-refractivity contribution is -0.109. The molecular formula is C11H13ClN2O2. The highest BCUT2D eigenvalue weighted by molar-refractivity contribution is 6.30. The van der Waals surface area contributed by atoms with Crippen LogP contribution in [0, 0.1) is 0 Å². The summed E-state index contributed by atoms with van der Waals surface area (Å²) in [7, 11) is 0. The number of nitrogens with one attached hydrogen (secondary N) is 1. The van der Waals surface area contributed by atoms with E-state index in [0.29, 0.717) is 30.4 Å². The number of rotatable bonds is 5. The highest BCUT2D eigenvalue weighted by Crippen LogP contribution is 2.10. The number of hydrogen-bond donors (Lipinski definition) is 1. The molecule has 0 aliphatic heterocycles. The van der Waals surface area contributed by atoms with Gasteiger partial charge in [0.25, 0.3) is 0 Å². The summed E-state index contributed by atoms with van der Waals surface area (Å²) in [4.78, 5) is 10.1. The largest absolute Gasteiger partial charge is 0.480 e. The zero-order valence-electron chi connectivity index (χ0n) is 8.94. The van der Waals surface area contributed by atoms with Gasteiger partial charge in [-0.1, -0.05) is 23.7 Å². The lowest BCUT2D eigenvalue weighted by Gasteiger charge is -2.06. The highest BCUT2D eigenvalue weighted by atomic mass is 35.5. The summed E-state index contributed by atoms with van der Waals surface area (Å²) in [5.74, 6) is 0.469. The minimum atomic E-state index is 0.469. The SMILES string of the molecule is CCO/C(Cc1ccc(Cl)cc1)=N\NC=O. The van der Waals surface area contributed by atoms with Gasteiger partial charge in [0.2, 0.25) is 12.3 Å². The maximum Gasteiger partial charge on any atom is 0.227 e. The van der Waals surface area contributed by atoms with Gasteiger partial charge in [-0.15, -0.1) is 5.10 Å². The number of ether oxygens (including phenoxy) is 1. The fourth-order valence-electron chi connectivity index (χ4n) is 1.16. The van der Waals surface area contributed by atoms with E-state index in [-0.39, 0.29) is 0 Å². The first-order chi connectivity index (χ1) is 7.76. The molecule has 4 nitrogen and oxygen atoms in total. The number of halogens is 1. The zero-order valence-corrected chi connectivity index (χ0v) is 9.70. The van der Waals surface area contributed by atoms with E-state index in [1.54, 1.807) is 12.1 Å². The quantitative estimate of drug-likeness (QED) is 0.370. The number of benzene rings is 1. The van der Waals surface area contributed by atoms with Crippen molar-refractivity contribution in [2.45, 2.75) is 13.3 Å². The fraction of sp³-hybridized carbons (Fsp3) is 0.273. The molecule has 1 aromatic rings. The molecule has 0 atom stereocenters. The third kappa shape index (κ3) is 4.31. The Morgan fingerprint density at radius 2 is 2.19 bits per heavy atom. The Kier molecular flexibility index (Phi) is 5.36. The van der Waals surface area contributed by atoms with Gasteiger partial charge in [-0.3, -0.25) is 4.79 Å². The predicted octanol–water partition coefficient (Wildman–Crippen LogP) is 1.98. The Morgan fingerprint density at radius 1 is 1.50 bits per heavy atom. The second kappa shape index (κ2) is 6.85. The molecular weight excluding hydrogens is 228 g/mol. The maximum absolute atomic E-state index is 10.1. The molecule has 0 aromatic heterocycles. The molecule has 1 N–H and O–H groups in total. The van der Waals surface area contributed by atoms with E-state index in [0.717, 1.165) is 5.56 Å². The molecule has 0 radical (unpaired) electrons. The second-order valence-corrected chi connectivity index (χ2v) is 3.43. The molecule has 0 heterocycles. The van der Waals surface area contributed by atoms with Crippen molar-refractivity contribution >= 4 is 23.9 Å². The van der Waals surface area contributed by atoms with E-state index in [1.807, 2.05) is 19.1 Å². The lowest BCUT2D eigenvalue weighted by Crippen LogP contribution is -2.14. The molecule has 1 amide bonds. The molecule has 0 aliphatic carbocycles. The number of hydrogen-bond acceptors (Lipinski definition) is 3. The summed E-state index contributed by atoms with van der Waals surface area (Å²) in [6.07, 6.45) is 1.02. The minimum absolute atomic E-state index is 0.469. The van der Waals surface area contributed by atoms with Crippen LogP contribution in [0.15, 0.2) is 29.4 Å². The van der Waals surface area contributed by atoms with E-state index in [2.05, 4.69) is 10.5 Å². The van der Waals surface area contributed by atoms with Gasteiger partial charge in [0.05, 0.1) is 13.0 Å². The maximum atomic E-state index is 10.1. The van der Waals surface area contributed by atoms with Gasteiger partial charge in [-0.25, -0.2) is 5.43 Å². The van der Waals surface area contributed by atoms with Gasteiger partial charge in [0.1, 0.15) is 0 Å². The van der Waals surface area contributed by atoms with Crippen LogP contribution < -0.4 is 5.43 Å². The zero-order chi connectivity index (χ0) is 11.8. The third-order valence-electron chi connectivity index (χ3n) is 1.82. The predicted molar refractivity (Wildman–Crippen MR) is 63.4 cm³/mol. The van der Waals surface area contributed by atoms with Crippen molar-refractivity contribution in [2.75, 3.05) is 6.61 Å². The van der Waals surface area contributed by atoms with Crippen molar-refractivity contribution in [1.82, 2.24) is 5.43 Å². The highest BCUT2D eigenvalue weighted by Gasteiger charge is 2.02. The number of carbonyl (C=O) groups excluding carboxylic acids is 1. The van der Waals surface area contributed by atoms with Gasteiger partial charge in [-0.2, -0.15) is 0 Å². The average molecular weight is 241 g/mol. The molecule has 0 saturated carbocycles. The molecule has 0 aliphatic rings.